The van der Waals surface area contributed by atoms with Gasteiger partial charge in [-0.1, -0.05) is 11.3 Å². The molecule has 1 aromatic carbocycles. The van der Waals surface area contributed by atoms with Crippen LogP contribution in [0.4, 0.5) is 5.69 Å². The monoisotopic (exact) mass is 347 g/mol. The molecule has 0 atom stereocenters. The number of nitrogens with zero attached hydrogens (tertiary/aromatic N) is 2. The Morgan fingerprint density at radius 3 is 2.89 bits per heavy atom. The number of rotatable bonds is 3. The number of amides is 1. The molecule has 2 rings (SSSR count). The fraction of sp³-hybridized carbons (Fsp3) is 0.100. The van der Waals surface area contributed by atoms with Crippen LogP contribution < -0.4 is 10.1 Å². The summed E-state index contributed by atoms with van der Waals surface area (Å²) in [5, 5.41) is 10.1. The van der Waals surface area contributed by atoms with E-state index in [4.69, 9.17) is 16.3 Å². The topological polar surface area (TPSA) is 64.1 Å². The van der Waals surface area contributed by atoms with Crippen LogP contribution >= 0.6 is 38.9 Å². The first-order valence-corrected chi connectivity index (χ1v) is 6.73. The Morgan fingerprint density at radius 2 is 2.28 bits per heavy atom. The van der Waals surface area contributed by atoms with E-state index in [-0.39, 0.29) is 15.4 Å². The van der Waals surface area contributed by atoms with E-state index in [9.17, 15) is 4.79 Å². The van der Waals surface area contributed by atoms with Gasteiger partial charge < -0.3 is 10.1 Å². The van der Waals surface area contributed by atoms with E-state index in [1.165, 1.54) is 0 Å². The van der Waals surface area contributed by atoms with Crippen molar-refractivity contribution in [3.63, 3.8) is 0 Å². The van der Waals surface area contributed by atoms with Gasteiger partial charge in [0.25, 0.3) is 5.91 Å². The van der Waals surface area contributed by atoms with Crippen LogP contribution in [0.5, 0.6) is 5.75 Å². The Kier molecular flexibility index (Phi) is 4.15. The molecule has 0 saturated heterocycles. The molecule has 0 aliphatic rings. The van der Waals surface area contributed by atoms with Crippen molar-refractivity contribution >= 4 is 50.5 Å². The van der Waals surface area contributed by atoms with Crippen molar-refractivity contribution in [3.8, 4) is 5.75 Å². The fourth-order valence-electron chi connectivity index (χ4n) is 1.20. The maximum Gasteiger partial charge on any atom is 0.286 e. The molecular weight excluding hydrogens is 342 g/mol. The van der Waals surface area contributed by atoms with Gasteiger partial charge in [-0.25, -0.2) is 0 Å². The molecule has 0 aliphatic carbocycles. The predicted octanol–water partition coefficient (Wildman–Crippen LogP) is 3.21. The SMILES string of the molecule is COc1ccc(Br)c(NC(=O)c2nnc(Cl)s2)c1. The van der Waals surface area contributed by atoms with Gasteiger partial charge in [0.15, 0.2) is 0 Å². The minimum Gasteiger partial charge on any atom is -0.497 e. The number of hydrogen-bond acceptors (Lipinski definition) is 5. The third kappa shape index (κ3) is 2.98. The van der Waals surface area contributed by atoms with Crippen LogP contribution in [0.25, 0.3) is 0 Å². The third-order valence-electron chi connectivity index (χ3n) is 2.02. The summed E-state index contributed by atoms with van der Waals surface area (Å²) in [5.74, 6) is 0.275. The number of carbonyl (C=O) groups excluding carboxylic acids is 1. The van der Waals surface area contributed by atoms with Gasteiger partial charge in [-0.05, 0) is 39.7 Å². The summed E-state index contributed by atoms with van der Waals surface area (Å²) in [4.78, 5) is 11.9. The lowest BCUT2D eigenvalue weighted by Crippen LogP contribution is -2.12. The minimum atomic E-state index is -0.367. The molecule has 0 bridgehead atoms. The van der Waals surface area contributed by atoms with Crippen LogP contribution in [-0.4, -0.2) is 23.2 Å². The number of carbonyl (C=O) groups is 1. The van der Waals surface area contributed by atoms with E-state index in [0.29, 0.717) is 11.4 Å². The van der Waals surface area contributed by atoms with Crippen LogP contribution in [0.1, 0.15) is 9.80 Å². The first-order valence-electron chi connectivity index (χ1n) is 4.74. The van der Waals surface area contributed by atoms with Gasteiger partial charge >= 0.3 is 0 Å². The summed E-state index contributed by atoms with van der Waals surface area (Å²) in [6, 6.07) is 5.26. The second-order valence-electron chi connectivity index (χ2n) is 3.16. The molecule has 8 heteroatoms. The highest BCUT2D eigenvalue weighted by molar-refractivity contribution is 9.10. The number of aromatic nitrogens is 2. The smallest absolute Gasteiger partial charge is 0.286 e. The molecule has 5 nitrogen and oxygen atoms in total. The standard InChI is InChI=1S/C10H7BrClN3O2S/c1-17-5-2-3-6(11)7(4-5)13-8(16)9-14-15-10(12)18-9/h2-4H,1H3,(H,13,16). The average molecular weight is 349 g/mol. The van der Waals surface area contributed by atoms with Gasteiger partial charge in [0.1, 0.15) is 5.75 Å². The van der Waals surface area contributed by atoms with Crippen molar-refractivity contribution in [2.24, 2.45) is 0 Å². The Morgan fingerprint density at radius 1 is 1.50 bits per heavy atom. The quantitative estimate of drug-likeness (QED) is 0.925. The average Bonchev–Trinajstić information content (AvgIpc) is 2.79. The maximum atomic E-state index is 11.9. The predicted molar refractivity (Wildman–Crippen MR) is 73.6 cm³/mol. The fourth-order valence-corrected chi connectivity index (χ4v) is 2.27. The molecule has 1 aromatic heterocycles. The van der Waals surface area contributed by atoms with Gasteiger partial charge in [0, 0.05) is 10.5 Å². The van der Waals surface area contributed by atoms with Crippen LogP contribution in [0.3, 0.4) is 0 Å². The van der Waals surface area contributed by atoms with E-state index in [0.717, 1.165) is 15.8 Å². The molecule has 18 heavy (non-hydrogen) atoms. The van der Waals surface area contributed by atoms with E-state index in [1.807, 2.05) is 0 Å². The molecule has 2 aromatic rings. The summed E-state index contributed by atoms with van der Waals surface area (Å²) in [5.41, 5.74) is 0.589. The Hall–Kier alpha value is -1.18. The second-order valence-corrected chi connectivity index (χ2v) is 5.57. The summed E-state index contributed by atoms with van der Waals surface area (Å²) >= 11 is 9.97. The van der Waals surface area contributed by atoms with Crippen molar-refractivity contribution in [3.05, 3.63) is 32.1 Å². The zero-order valence-electron chi connectivity index (χ0n) is 9.11. The number of hydrogen-bond donors (Lipinski definition) is 1. The van der Waals surface area contributed by atoms with Crippen LogP contribution in [-0.2, 0) is 0 Å². The number of methoxy groups -OCH3 is 1. The first kappa shape index (κ1) is 13.3. The molecule has 1 heterocycles. The van der Waals surface area contributed by atoms with E-state index in [1.54, 1.807) is 25.3 Å². The van der Waals surface area contributed by atoms with Gasteiger partial charge in [-0.3, -0.25) is 4.79 Å². The highest BCUT2D eigenvalue weighted by Gasteiger charge is 2.13. The number of halogens is 2. The molecule has 0 saturated carbocycles. The van der Waals surface area contributed by atoms with Crippen molar-refractivity contribution < 1.29 is 9.53 Å². The normalized spacial score (nSPS) is 10.2. The number of nitrogens with one attached hydrogen (secondary N) is 1. The lowest BCUT2D eigenvalue weighted by molar-refractivity contribution is 0.102. The van der Waals surface area contributed by atoms with Crippen molar-refractivity contribution in [2.45, 2.75) is 0 Å². The van der Waals surface area contributed by atoms with Crippen molar-refractivity contribution in [1.29, 1.82) is 0 Å². The first-order chi connectivity index (χ1) is 8.60. The lowest BCUT2D eigenvalue weighted by Gasteiger charge is -2.07. The molecule has 0 fully saturated rings. The maximum absolute atomic E-state index is 11.9. The van der Waals surface area contributed by atoms with Crippen molar-refractivity contribution in [2.75, 3.05) is 12.4 Å². The molecule has 0 radical (unpaired) electrons. The van der Waals surface area contributed by atoms with Gasteiger partial charge in [-0.15, -0.1) is 10.2 Å². The van der Waals surface area contributed by atoms with Gasteiger partial charge in [-0.2, -0.15) is 0 Å². The molecule has 94 valence electrons. The Labute approximate surface area is 120 Å². The van der Waals surface area contributed by atoms with Crippen LogP contribution in [0, 0.1) is 0 Å². The van der Waals surface area contributed by atoms with Gasteiger partial charge in [0.05, 0.1) is 12.8 Å². The number of anilines is 1. The van der Waals surface area contributed by atoms with Crippen LogP contribution in [0.2, 0.25) is 4.47 Å². The molecule has 0 spiro atoms. The lowest BCUT2D eigenvalue weighted by atomic mass is 10.3. The summed E-state index contributed by atoms with van der Waals surface area (Å²) in [7, 11) is 1.55. The molecular formula is C10H7BrClN3O2S. The molecule has 1 amide bonds. The molecule has 0 aliphatic heterocycles. The highest BCUT2D eigenvalue weighted by atomic mass is 79.9. The zero-order chi connectivity index (χ0) is 13.1. The third-order valence-corrected chi connectivity index (χ3v) is 3.73. The van der Waals surface area contributed by atoms with E-state index >= 15 is 0 Å². The van der Waals surface area contributed by atoms with Crippen molar-refractivity contribution in [1.82, 2.24) is 10.2 Å². The van der Waals surface area contributed by atoms with E-state index < -0.39 is 0 Å². The Bertz CT molecular complexity index is 590. The number of benzene rings is 1. The van der Waals surface area contributed by atoms with Gasteiger partial charge in [0.2, 0.25) is 9.47 Å². The summed E-state index contributed by atoms with van der Waals surface area (Å²) in [6.45, 7) is 0. The summed E-state index contributed by atoms with van der Waals surface area (Å²) in [6.07, 6.45) is 0. The summed E-state index contributed by atoms with van der Waals surface area (Å²) < 4.78 is 6.05. The highest BCUT2D eigenvalue weighted by Crippen LogP contribution is 2.28. The number of ether oxygens (including phenoxy) is 1. The van der Waals surface area contributed by atoms with E-state index in [2.05, 4.69) is 31.4 Å². The van der Waals surface area contributed by atoms with Crippen LogP contribution in [0.15, 0.2) is 22.7 Å². The molecule has 1 N–H and O–H groups in total. The second kappa shape index (κ2) is 5.64. The zero-order valence-corrected chi connectivity index (χ0v) is 12.3. The minimum absolute atomic E-state index is 0.203. The molecule has 0 unspecified atom stereocenters. The largest absolute Gasteiger partial charge is 0.497 e. The Balaban J connectivity index is 2.21.